The molecule has 0 spiro atoms. The largest absolute Gasteiger partial charge is 0.493 e. The van der Waals surface area contributed by atoms with Crippen molar-refractivity contribution < 1.29 is 24.5 Å². The molecule has 1 aromatic rings. The van der Waals surface area contributed by atoms with Crippen LogP contribution in [0.15, 0.2) is 24.3 Å². The molecule has 0 amide bonds. The molecule has 0 aromatic heterocycles. The number of carbonyl (C=O) groups is 1. The van der Waals surface area contributed by atoms with Gasteiger partial charge in [-0.1, -0.05) is 18.2 Å². The second kappa shape index (κ2) is 7.76. The molecule has 2 unspecified atom stereocenters. The van der Waals surface area contributed by atoms with Gasteiger partial charge in [-0.3, -0.25) is 4.79 Å². The minimum atomic E-state index is -1.22. The molecule has 0 saturated heterocycles. The monoisotopic (exact) mass is 268 g/mol. The molecular weight excluding hydrogens is 248 g/mol. The Morgan fingerprint density at radius 2 is 1.89 bits per heavy atom. The van der Waals surface area contributed by atoms with Gasteiger partial charge < -0.3 is 19.7 Å². The van der Waals surface area contributed by atoms with Crippen molar-refractivity contribution in [3.8, 4) is 5.75 Å². The smallest absolute Gasteiger partial charge is 0.308 e. The second-order valence-corrected chi connectivity index (χ2v) is 3.99. The summed E-state index contributed by atoms with van der Waals surface area (Å²) in [5.41, 5.74) is 0.459. The van der Waals surface area contributed by atoms with Crippen LogP contribution in [-0.4, -0.2) is 35.5 Å². The topological polar surface area (TPSA) is 76.0 Å². The van der Waals surface area contributed by atoms with Crippen LogP contribution in [0.1, 0.15) is 31.9 Å². The Morgan fingerprint density at radius 3 is 2.53 bits per heavy atom. The minimum absolute atomic E-state index is 0.247. The van der Waals surface area contributed by atoms with Gasteiger partial charge in [0.1, 0.15) is 11.9 Å². The van der Waals surface area contributed by atoms with Crippen LogP contribution >= 0.6 is 0 Å². The summed E-state index contributed by atoms with van der Waals surface area (Å²) in [6.07, 6.45) is -2.66. The summed E-state index contributed by atoms with van der Waals surface area (Å²) >= 11 is 0. The number of aliphatic hydroxyl groups is 2. The van der Waals surface area contributed by atoms with E-state index in [1.54, 1.807) is 31.2 Å². The number of hydrogen-bond donors (Lipinski definition) is 2. The molecule has 19 heavy (non-hydrogen) atoms. The lowest BCUT2D eigenvalue weighted by atomic mass is 10.0. The van der Waals surface area contributed by atoms with Crippen molar-refractivity contribution in [2.45, 2.75) is 32.5 Å². The number of hydrogen-bond acceptors (Lipinski definition) is 5. The molecular formula is C14H20O5. The number of carbonyl (C=O) groups excluding carboxylic acids is 1. The number of aliphatic hydroxyl groups excluding tert-OH is 2. The highest BCUT2D eigenvalue weighted by molar-refractivity contribution is 5.70. The van der Waals surface area contributed by atoms with E-state index < -0.39 is 18.2 Å². The van der Waals surface area contributed by atoms with Gasteiger partial charge in [0.05, 0.1) is 25.7 Å². The Balaban J connectivity index is 2.75. The summed E-state index contributed by atoms with van der Waals surface area (Å²) in [4.78, 5) is 11.3. The van der Waals surface area contributed by atoms with Crippen molar-refractivity contribution in [2.75, 3.05) is 13.2 Å². The normalized spacial score (nSPS) is 13.7. The zero-order valence-corrected chi connectivity index (χ0v) is 11.2. The molecule has 1 rings (SSSR count). The average molecular weight is 268 g/mol. The zero-order chi connectivity index (χ0) is 14.3. The van der Waals surface area contributed by atoms with Crippen LogP contribution < -0.4 is 4.74 Å². The van der Waals surface area contributed by atoms with E-state index in [2.05, 4.69) is 0 Å². The number of esters is 1. The van der Waals surface area contributed by atoms with E-state index in [9.17, 15) is 15.0 Å². The third kappa shape index (κ3) is 4.54. The maximum Gasteiger partial charge on any atom is 0.308 e. The van der Waals surface area contributed by atoms with Crippen molar-refractivity contribution in [3.05, 3.63) is 29.8 Å². The molecule has 5 nitrogen and oxygen atoms in total. The maximum atomic E-state index is 11.3. The van der Waals surface area contributed by atoms with Crippen LogP contribution in [0, 0.1) is 0 Å². The molecule has 1 aromatic carbocycles. The predicted molar refractivity (Wildman–Crippen MR) is 69.8 cm³/mol. The molecule has 106 valence electrons. The fourth-order valence-corrected chi connectivity index (χ4v) is 1.72. The van der Waals surface area contributed by atoms with Crippen molar-refractivity contribution in [3.63, 3.8) is 0 Å². The van der Waals surface area contributed by atoms with Crippen LogP contribution in [0.25, 0.3) is 0 Å². The van der Waals surface area contributed by atoms with Gasteiger partial charge in [0.15, 0.2) is 0 Å². The van der Waals surface area contributed by atoms with Gasteiger partial charge in [-0.15, -0.1) is 0 Å². The number of para-hydroxylation sites is 1. The lowest BCUT2D eigenvalue weighted by molar-refractivity contribution is -0.147. The molecule has 0 radical (unpaired) electrons. The second-order valence-electron chi connectivity index (χ2n) is 3.99. The fraction of sp³-hybridized carbons (Fsp3) is 0.500. The third-order valence-corrected chi connectivity index (χ3v) is 2.58. The fourth-order valence-electron chi connectivity index (χ4n) is 1.72. The standard InChI is InChI=1S/C14H20O5/c1-3-18-12-8-6-5-7-10(12)14(17)11(15)9-13(16)19-4-2/h5-8,11,14-15,17H,3-4,9H2,1-2H3. The Bertz CT molecular complexity index is 405. The summed E-state index contributed by atoms with van der Waals surface area (Å²) < 4.78 is 10.1. The summed E-state index contributed by atoms with van der Waals surface area (Å²) in [5.74, 6) is -0.0386. The van der Waals surface area contributed by atoms with Crippen LogP contribution in [-0.2, 0) is 9.53 Å². The van der Waals surface area contributed by atoms with Crippen LogP contribution in [0.2, 0.25) is 0 Å². The van der Waals surface area contributed by atoms with Gasteiger partial charge in [-0.25, -0.2) is 0 Å². The number of ether oxygens (including phenoxy) is 2. The first kappa shape index (κ1) is 15.5. The van der Waals surface area contributed by atoms with Gasteiger partial charge in [0.25, 0.3) is 0 Å². The van der Waals surface area contributed by atoms with Crippen LogP contribution in [0.5, 0.6) is 5.75 Å². The van der Waals surface area contributed by atoms with Gasteiger partial charge in [0, 0.05) is 5.56 Å². The highest BCUT2D eigenvalue weighted by Gasteiger charge is 2.24. The molecule has 2 atom stereocenters. The van der Waals surface area contributed by atoms with Crippen molar-refractivity contribution in [1.29, 1.82) is 0 Å². The molecule has 0 saturated carbocycles. The maximum absolute atomic E-state index is 11.3. The molecule has 0 aliphatic rings. The first-order valence-corrected chi connectivity index (χ1v) is 6.33. The quantitative estimate of drug-likeness (QED) is 0.732. The number of rotatable bonds is 7. The summed E-state index contributed by atoms with van der Waals surface area (Å²) in [6.45, 7) is 4.22. The van der Waals surface area contributed by atoms with E-state index in [1.165, 1.54) is 0 Å². The summed E-state index contributed by atoms with van der Waals surface area (Å²) in [6, 6.07) is 6.88. The van der Waals surface area contributed by atoms with E-state index in [-0.39, 0.29) is 13.0 Å². The minimum Gasteiger partial charge on any atom is -0.493 e. The van der Waals surface area contributed by atoms with Gasteiger partial charge in [-0.05, 0) is 19.9 Å². The van der Waals surface area contributed by atoms with Crippen LogP contribution in [0.3, 0.4) is 0 Å². The van der Waals surface area contributed by atoms with Gasteiger partial charge in [0.2, 0.25) is 0 Å². The SMILES string of the molecule is CCOC(=O)CC(O)C(O)c1ccccc1OCC. The van der Waals surface area contributed by atoms with Crippen LogP contribution in [0.4, 0.5) is 0 Å². The molecule has 0 fully saturated rings. The van der Waals surface area contributed by atoms with Gasteiger partial charge >= 0.3 is 5.97 Å². The lowest BCUT2D eigenvalue weighted by Gasteiger charge is -2.20. The van der Waals surface area contributed by atoms with E-state index in [4.69, 9.17) is 9.47 Å². The Labute approximate surface area is 112 Å². The summed E-state index contributed by atoms with van der Waals surface area (Å²) in [7, 11) is 0. The molecule has 5 heteroatoms. The molecule has 0 aliphatic carbocycles. The van der Waals surface area contributed by atoms with E-state index in [0.29, 0.717) is 17.9 Å². The zero-order valence-electron chi connectivity index (χ0n) is 11.2. The Hall–Kier alpha value is -1.59. The van der Waals surface area contributed by atoms with Gasteiger partial charge in [-0.2, -0.15) is 0 Å². The highest BCUT2D eigenvalue weighted by atomic mass is 16.5. The highest BCUT2D eigenvalue weighted by Crippen LogP contribution is 2.28. The van der Waals surface area contributed by atoms with Crippen molar-refractivity contribution >= 4 is 5.97 Å². The molecule has 0 heterocycles. The average Bonchev–Trinajstić information content (AvgIpc) is 2.39. The molecule has 0 aliphatic heterocycles. The van der Waals surface area contributed by atoms with Crippen molar-refractivity contribution in [1.82, 2.24) is 0 Å². The predicted octanol–water partition coefficient (Wildman–Crippen LogP) is 1.43. The third-order valence-electron chi connectivity index (χ3n) is 2.58. The van der Waals surface area contributed by atoms with E-state index in [0.717, 1.165) is 0 Å². The first-order valence-electron chi connectivity index (χ1n) is 6.33. The lowest BCUT2D eigenvalue weighted by Crippen LogP contribution is -2.23. The molecule has 2 N–H and O–H groups in total. The number of benzene rings is 1. The molecule has 0 bridgehead atoms. The Kier molecular flexibility index (Phi) is 6.32. The van der Waals surface area contributed by atoms with Crippen molar-refractivity contribution in [2.24, 2.45) is 0 Å². The van der Waals surface area contributed by atoms with E-state index >= 15 is 0 Å². The van der Waals surface area contributed by atoms with E-state index in [1.807, 2.05) is 6.92 Å². The Morgan fingerprint density at radius 1 is 1.21 bits per heavy atom. The summed E-state index contributed by atoms with van der Waals surface area (Å²) in [5, 5.41) is 19.9. The first-order chi connectivity index (χ1) is 9.10.